The van der Waals surface area contributed by atoms with E-state index in [4.69, 9.17) is 0 Å². The Hall–Kier alpha value is -0.860. The highest BCUT2D eigenvalue weighted by Gasteiger charge is 2.46. The zero-order chi connectivity index (χ0) is 14.3. The molecule has 0 aromatic heterocycles. The van der Waals surface area contributed by atoms with E-state index >= 15 is 0 Å². The van der Waals surface area contributed by atoms with Crippen molar-refractivity contribution >= 4 is 0 Å². The molecule has 4 unspecified atom stereocenters. The smallest absolute Gasteiger partial charge is 0.0244 e. The van der Waals surface area contributed by atoms with Gasteiger partial charge in [0.15, 0.2) is 0 Å². The van der Waals surface area contributed by atoms with E-state index < -0.39 is 0 Å². The predicted octanol–water partition coefficient (Wildman–Crippen LogP) is 3.25. The largest absolute Gasteiger partial charge is 0.311 e. The molecule has 2 fully saturated rings. The van der Waals surface area contributed by atoms with Crippen LogP contribution in [-0.4, -0.2) is 36.1 Å². The van der Waals surface area contributed by atoms with Gasteiger partial charge in [-0.25, -0.2) is 0 Å². The molecule has 1 saturated heterocycles. The van der Waals surface area contributed by atoms with Crippen LogP contribution in [0.2, 0.25) is 0 Å². The third-order valence-corrected chi connectivity index (χ3v) is 5.08. The molecule has 2 heteroatoms. The van der Waals surface area contributed by atoms with Gasteiger partial charge in [-0.1, -0.05) is 51.1 Å². The molecule has 0 amide bonds. The van der Waals surface area contributed by atoms with Crippen LogP contribution in [0.1, 0.15) is 45.6 Å². The van der Waals surface area contributed by atoms with Gasteiger partial charge in [-0.2, -0.15) is 0 Å². The topological polar surface area (TPSA) is 15.3 Å². The number of nitrogens with zero attached hydrogens (tertiary/aromatic N) is 1. The average Bonchev–Trinajstić information content (AvgIpc) is 3.19. The monoisotopic (exact) mass is 272 g/mol. The van der Waals surface area contributed by atoms with Crippen LogP contribution in [-0.2, 0) is 0 Å². The lowest BCUT2D eigenvalue weighted by Gasteiger charge is -2.44. The van der Waals surface area contributed by atoms with Gasteiger partial charge in [0.25, 0.3) is 0 Å². The number of nitrogens with one attached hydrogen (secondary N) is 1. The quantitative estimate of drug-likeness (QED) is 0.889. The van der Waals surface area contributed by atoms with E-state index in [9.17, 15) is 0 Å². The molecule has 1 aliphatic heterocycles. The summed E-state index contributed by atoms with van der Waals surface area (Å²) >= 11 is 0. The minimum Gasteiger partial charge on any atom is -0.311 e. The van der Waals surface area contributed by atoms with Gasteiger partial charge in [0, 0.05) is 37.1 Å². The Labute approximate surface area is 123 Å². The van der Waals surface area contributed by atoms with Crippen LogP contribution >= 0.6 is 0 Å². The van der Waals surface area contributed by atoms with Gasteiger partial charge in [0.1, 0.15) is 0 Å². The second-order valence-electron chi connectivity index (χ2n) is 7.69. The summed E-state index contributed by atoms with van der Waals surface area (Å²) in [5.41, 5.74) is 1.87. The molecule has 3 rings (SSSR count). The van der Waals surface area contributed by atoms with Gasteiger partial charge in [-0.15, -0.1) is 0 Å². The third kappa shape index (κ3) is 2.77. The first kappa shape index (κ1) is 14.1. The maximum Gasteiger partial charge on any atom is 0.0244 e. The van der Waals surface area contributed by atoms with Crippen LogP contribution in [0.3, 0.4) is 0 Å². The fourth-order valence-corrected chi connectivity index (χ4v) is 3.53. The molecular formula is C18H28N2. The standard InChI is InChI=1S/C18H28N2/c1-13-11-19-17(18(2,3)4)12-20(13)16-10-15(16)14-8-6-5-7-9-14/h5-9,13,15-17,19H,10-12H2,1-4H3. The van der Waals surface area contributed by atoms with Gasteiger partial charge < -0.3 is 5.32 Å². The van der Waals surface area contributed by atoms with Crippen LogP contribution in [0.25, 0.3) is 0 Å². The van der Waals surface area contributed by atoms with E-state index in [0.29, 0.717) is 17.5 Å². The molecule has 1 aliphatic carbocycles. The van der Waals surface area contributed by atoms with Gasteiger partial charge >= 0.3 is 0 Å². The molecule has 0 radical (unpaired) electrons. The molecule has 4 atom stereocenters. The predicted molar refractivity (Wildman–Crippen MR) is 85.0 cm³/mol. The van der Waals surface area contributed by atoms with Gasteiger partial charge in [-0.3, -0.25) is 4.90 Å². The number of piperazine rings is 1. The number of hydrogen-bond acceptors (Lipinski definition) is 2. The summed E-state index contributed by atoms with van der Waals surface area (Å²) in [4.78, 5) is 2.75. The molecule has 1 aromatic rings. The highest BCUT2D eigenvalue weighted by atomic mass is 15.3. The summed E-state index contributed by atoms with van der Waals surface area (Å²) in [5, 5.41) is 3.73. The second-order valence-corrected chi connectivity index (χ2v) is 7.69. The fraction of sp³-hybridized carbons (Fsp3) is 0.667. The Morgan fingerprint density at radius 3 is 2.50 bits per heavy atom. The van der Waals surface area contributed by atoms with Crippen molar-refractivity contribution in [3.05, 3.63) is 35.9 Å². The first-order valence-corrected chi connectivity index (χ1v) is 8.01. The van der Waals surface area contributed by atoms with E-state index in [2.05, 4.69) is 68.2 Å². The van der Waals surface area contributed by atoms with E-state index in [-0.39, 0.29) is 0 Å². The summed E-state index contributed by atoms with van der Waals surface area (Å²) in [6, 6.07) is 13.1. The molecule has 2 aliphatic rings. The van der Waals surface area contributed by atoms with Crippen molar-refractivity contribution < 1.29 is 0 Å². The summed E-state index contributed by atoms with van der Waals surface area (Å²) in [6.07, 6.45) is 1.34. The van der Waals surface area contributed by atoms with Crippen LogP contribution in [0.5, 0.6) is 0 Å². The van der Waals surface area contributed by atoms with Gasteiger partial charge in [-0.05, 0) is 24.3 Å². The molecule has 0 spiro atoms. The zero-order valence-corrected chi connectivity index (χ0v) is 13.3. The van der Waals surface area contributed by atoms with Crippen LogP contribution in [0.15, 0.2) is 30.3 Å². The highest BCUT2D eigenvalue weighted by molar-refractivity contribution is 5.28. The average molecular weight is 272 g/mol. The van der Waals surface area contributed by atoms with Crippen molar-refractivity contribution in [2.45, 2.75) is 58.2 Å². The maximum absolute atomic E-state index is 3.73. The maximum atomic E-state index is 3.73. The van der Waals surface area contributed by atoms with Crippen molar-refractivity contribution in [2.24, 2.45) is 5.41 Å². The first-order chi connectivity index (χ1) is 9.47. The van der Waals surface area contributed by atoms with Crippen LogP contribution in [0, 0.1) is 5.41 Å². The Morgan fingerprint density at radius 2 is 1.85 bits per heavy atom. The Balaban J connectivity index is 1.68. The molecule has 1 N–H and O–H groups in total. The van der Waals surface area contributed by atoms with Crippen molar-refractivity contribution in [2.75, 3.05) is 13.1 Å². The first-order valence-electron chi connectivity index (χ1n) is 8.01. The second kappa shape index (κ2) is 5.16. The SMILES string of the molecule is CC1CNC(C(C)(C)C)CN1C1CC1c1ccccc1. The van der Waals surface area contributed by atoms with E-state index in [1.165, 1.54) is 18.5 Å². The summed E-state index contributed by atoms with van der Waals surface area (Å²) in [5.74, 6) is 0.761. The lowest BCUT2D eigenvalue weighted by Crippen LogP contribution is -2.60. The Kier molecular flexibility index (Phi) is 3.64. The normalized spacial score (nSPS) is 35.0. The van der Waals surface area contributed by atoms with Crippen LogP contribution in [0.4, 0.5) is 0 Å². The Bertz CT molecular complexity index is 448. The number of hydrogen-bond donors (Lipinski definition) is 1. The summed E-state index contributed by atoms with van der Waals surface area (Å²) in [6.45, 7) is 11.7. The number of rotatable bonds is 2. The van der Waals surface area contributed by atoms with Gasteiger partial charge in [0.2, 0.25) is 0 Å². The molecule has 0 bridgehead atoms. The summed E-state index contributed by atoms with van der Waals surface area (Å²) in [7, 11) is 0. The van der Waals surface area contributed by atoms with E-state index in [1.54, 1.807) is 0 Å². The highest BCUT2D eigenvalue weighted by Crippen LogP contribution is 2.46. The molecule has 1 saturated carbocycles. The molecule has 2 nitrogen and oxygen atoms in total. The molecule has 20 heavy (non-hydrogen) atoms. The zero-order valence-electron chi connectivity index (χ0n) is 13.3. The summed E-state index contributed by atoms with van der Waals surface area (Å²) < 4.78 is 0. The lowest BCUT2D eigenvalue weighted by molar-refractivity contribution is 0.0856. The minimum absolute atomic E-state index is 0.343. The molecule has 1 heterocycles. The van der Waals surface area contributed by atoms with E-state index in [1.807, 2.05) is 0 Å². The van der Waals surface area contributed by atoms with E-state index in [0.717, 1.165) is 18.5 Å². The molecular weight excluding hydrogens is 244 g/mol. The Morgan fingerprint density at radius 1 is 1.15 bits per heavy atom. The fourth-order valence-electron chi connectivity index (χ4n) is 3.53. The minimum atomic E-state index is 0.343. The van der Waals surface area contributed by atoms with Crippen molar-refractivity contribution in [3.8, 4) is 0 Å². The van der Waals surface area contributed by atoms with Crippen molar-refractivity contribution in [3.63, 3.8) is 0 Å². The van der Waals surface area contributed by atoms with Crippen molar-refractivity contribution in [1.29, 1.82) is 0 Å². The third-order valence-electron chi connectivity index (χ3n) is 5.08. The number of benzene rings is 1. The van der Waals surface area contributed by atoms with Gasteiger partial charge in [0.05, 0.1) is 0 Å². The van der Waals surface area contributed by atoms with Crippen molar-refractivity contribution in [1.82, 2.24) is 10.2 Å². The lowest BCUT2D eigenvalue weighted by atomic mass is 9.84. The van der Waals surface area contributed by atoms with Crippen LogP contribution < -0.4 is 5.32 Å². The molecule has 1 aromatic carbocycles. The molecule has 110 valence electrons.